The van der Waals surface area contributed by atoms with Crippen molar-refractivity contribution in [1.82, 2.24) is 0 Å². The molecule has 0 aliphatic heterocycles. The van der Waals surface area contributed by atoms with Crippen LogP contribution in [0.1, 0.15) is 27.0 Å². The maximum atomic E-state index is 13.1. The van der Waals surface area contributed by atoms with Gasteiger partial charge in [0.25, 0.3) is 0 Å². The molecule has 0 saturated heterocycles. The van der Waals surface area contributed by atoms with E-state index in [4.69, 9.17) is 14.6 Å². The minimum atomic E-state index is -1.000. The highest BCUT2D eigenvalue weighted by Crippen LogP contribution is 2.30. The molecule has 0 amide bonds. The number of hydrogen-bond donors (Lipinski definition) is 1. The molecule has 3 aromatic carbocycles. The Morgan fingerprint density at radius 3 is 2.50 bits per heavy atom. The fourth-order valence-corrected chi connectivity index (χ4v) is 2.82. The predicted molar refractivity (Wildman–Crippen MR) is 111 cm³/mol. The summed E-state index contributed by atoms with van der Waals surface area (Å²) in [6, 6.07) is 19.5. The van der Waals surface area contributed by atoms with Gasteiger partial charge >= 0.3 is 5.97 Å². The minimum Gasteiger partial charge on any atom is -0.493 e. The largest absolute Gasteiger partial charge is 0.493 e. The van der Waals surface area contributed by atoms with E-state index in [9.17, 15) is 14.4 Å². The van der Waals surface area contributed by atoms with E-state index in [2.05, 4.69) is 6.07 Å². The van der Waals surface area contributed by atoms with Crippen LogP contribution in [0, 0.1) is 17.1 Å². The molecule has 30 heavy (non-hydrogen) atoms. The number of ether oxygens (including phenoxy) is 2. The lowest BCUT2D eigenvalue weighted by molar-refractivity contribution is 0.0696. The molecule has 0 unspecified atom stereocenters. The predicted octanol–water partition coefficient (Wildman–Crippen LogP) is 5.18. The Hall–Kier alpha value is -4.11. The third-order valence-corrected chi connectivity index (χ3v) is 4.34. The van der Waals surface area contributed by atoms with E-state index in [1.807, 2.05) is 0 Å². The average molecular weight is 403 g/mol. The maximum Gasteiger partial charge on any atom is 0.335 e. The average Bonchev–Trinajstić information content (AvgIpc) is 2.77. The summed E-state index contributed by atoms with van der Waals surface area (Å²) < 4.78 is 24.3. The SMILES string of the molecule is COc1cc(/C=C(/C#N)c2ccc(F)cc2)ccc1OCc1cccc(C(=O)O)c1. The lowest BCUT2D eigenvalue weighted by Crippen LogP contribution is -2.01. The van der Waals surface area contributed by atoms with E-state index in [0.29, 0.717) is 33.8 Å². The highest BCUT2D eigenvalue weighted by Gasteiger charge is 2.09. The summed E-state index contributed by atoms with van der Waals surface area (Å²) in [5.41, 5.74) is 2.61. The molecule has 6 heteroatoms. The summed E-state index contributed by atoms with van der Waals surface area (Å²) in [6.07, 6.45) is 1.68. The molecule has 150 valence electrons. The Labute approximate surface area is 173 Å². The van der Waals surface area contributed by atoms with Crippen LogP contribution in [0.5, 0.6) is 11.5 Å². The van der Waals surface area contributed by atoms with Crippen LogP contribution >= 0.6 is 0 Å². The second-order valence-electron chi connectivity index (χ2n) is 6.38. The Bertz CT molecular complexity index is 1130. The second-order valence-corrected chi connectivity index (χ2v) is 6.38. The van der Waals surface area contributed by atoms with E-state index in [-0.39, 0.29) is 18.0 Å². The van der Waals surface area contributed by atoms with Crippen molar-refractivity contribution in [2.45, 2.75) is 6.61 Å². The lowest BCUT2D eigenvalue weighted by atomic mass is 10.0. The number of aromatic carboxylic acids is 1. The number of carbonyl (C=O) groups is 1. The molecule has 0 saturated carbocycles. The lowest BCUT2D eigenvalue weighted by Gasteiger charge is -2.12. The second kappa shape index (κ2) is 9.39. The molecule has 0 fully saturated rings. The normalized spacial score (nSPS) is 10.9. The van der Waals surface area contributed by atoms with Crippen molar-refractivity contribution in [2.75, 3.05) is 7.11 Å². The van der Waals surface area contributed by atoms with Crippen molar-refractivity contribution in [3.05, 3.63) is 94.8 Å². The Kier molecular flexibility index (Phi) is 6.46. The number of carboxylic acid groups (broad SMARTS) is 1. The van der Waals surface area contributed by atoms with Crippen molar-refractivity contribution >= 4 is 17.6 Å². The molecular formula is C24H18FNO4. The number of halogens is 1. The van der Waals surface area contributed by atoms with Crippen LogP contribution < -0.4 is 9.47 Å². The van der Waals surface area contributed by atoms with Crippen LogP contribution in [0.4, 0.5) is 4.39 Å². The molecule has 3 aromatic rings. The minimum absolute atomic E-state index is 0.172. The number of allylic oxidation sites excluding steroid dienone is 1. The van der Waals surface area contributed by atoms with Crippen LogP contribution in [0.2, 0.25) is 0 Å². The molecule has 0 aliphatic carbocycles. The van der Waals surface area contributed by atoms with Crippen molar-refractivity contribution in [1.29, 1.82) is 5.26 Å². The summed E-state index contributed by atoms with van der Waals surface area (Å²) in [6.45, 7) is 0.172. The molecule has 0 atom stereocenters. The quantitative estimate of drug-likeness (QED) is 0.435. The molecule has 0 spiro atoms. The Morgan fingerprint density at radius 1 is 1.07 bits per heavy atom. The van der Waals surface area contributed by atoms with Gasteiger partial charge in [0.05, 0.1) is 24.3 Å². The summed E-state index contributed by atoms with van der Waals surface area (Å²) in [5, 5.41) is 18.5. The molecule has 0 heterocycles. The fourth-order valence-electron chi connectivity index (χ4n) is 2.82. The first-order chi connectivity index (χ1) is 14.5. The van der Waals surface area contributed by atoms with Crippen molar-refractivity contribution in [3.63, 3.8) is 0 Å². The molecule has 0 bridgehead atoms. The van der Waals surface area contributed by atoms with Gasteiger partial charge in [-0.3, -0.25) is 0 Å². The van der Waals surface area contributed by atoms with Crippen LogP contribution in [0.15, 0.2) is 66.7 Å². The van der Waals surface area contributed by atoms with E-state index in [0.717, 1.165) is 0 Å². The van der Waals surface area contributed by atoms with Crippen LogP contribution in [0.25, 0.3) is 11.6 Å². The van der Waals surface area contributed by atoms with Crippen LogP contribution in [-0.4, -0.2) is 18.2 Å². The van der Waals surface area contributed by atoms with Gasteiger partial charge in [-0.2, -0.15) is 5.26 Å². The molecular weight excluding hydrogens is 385 g/mol. The number of nitrogens with zero attached hydrogens (tertiary/aromatic N) is 1. The zero-order valence-corrected chi connectivity index (χ0v) is 16.1. The molecule has 0 aromatic heterocycles. The monoisotopic (exact) mass is 403 g/mol. The Balaban J connectivity index is 1.81. The number of benzene rings is 3. The summed E-state index contributed by atoms with van der Waals surface area (Å²) in [7, 11) is 1.51. The molecule has 5 nitrogen and oxygen atoms in total. The number of rotatable bonds is 7. The van der Waals surface area contributed by atoms with Gasteiger partial charge in [0.15, 0.2) is 11.5 Å². The summed E-state index contributed by atoms with van der Waals surface area (Å²) in [4.78, 5) is 11.1. The van der Waals surface area contributed by atoms with E-state index >= 15 is 0 Å². The van der Waals surface area contributed by atoms with Gasteiger partial charge in [0, 0.05) is 0 Å². The third-order valence-electron chi connectivity index (χ3n) is 4.34. The van der Waals surface area contributed by atoms with Crippen molar-refractivity contribution in [2.24, 2.45) is 0 Å². The molecule has 3 rings (SSSR count). The zero-order chi connectivity index (χ0) is 21.5. The number of hydrogen-bond acceptors (Lipinski definition) is 4. The fraction of sp³-hybridized carbons (Fsp3) is 0.0833. The van der Waals surface area contributed by atoms with Gasteiger partial charge in [-0.05, 0) is 59.2 Å². The topological polar surface area (TPSA) is 79.5 Å². The van der Waals surface area contributed by atoms with E-state index < -0.39 is 5.97 Å². The van der Waals surface area contributed by atoms with E-state index in [1.165, 1.54) is 25.3 Å². The number of nitriles is 1. The Morgan fingerprint density at radius 2 is 1.83 bits per heavy atom. The first-order valence-electron chi connectivity index (χ1n) is 9.01. The smallest absolute Gasteiger partial charge is 0.335 e. The summed E-state index contributed by atoms with van der Waals surface area (Å²) >= 11 is 0. The molecule has 0 radical (unpaired) electrons. The molecule has 1 N–H and O–H groups in total. The zero-order valence-electron chi connectivity index (χ0n) is 16.1. The summed E-state index contributed by atoms with van der Waals surface area (Å²) in [5.74, 6) is -0.418. The first kappa shape index (κ1) is 20.6. The van der Waals surface area contributed by atoms with Crippen molar-refractivity contribution < 1.29 is 23.8 Å². The number of carboxylic acids is 1. The van der Waals surface area contributed by atoms with Crippen LogP contribution in [-0.2, 0) is 6.61 Å². The van der Waals surface area contributed by atoms with E-state index in [1.54, 1.807) is 54.6 Å². The van der Waals surface area contributed by atoms with Gasteiger partial charge in [-0.1, -0.05) is 30.3 Å². The molecule has 0 aliphatic rings. The highest BCUT2D eigenvalue weighted by atomic mass is 19.1. The number of methoxy groups -OCH3 is 1. The maximum absolute atomic E-state index is 13.1. The van der Waals surface area contributed by atoms with Gasteiger partial charge in [0.2, 0.25) is 0 Å². The van der Waals surface area contributed by atoms with Gasteiger partial charge < -0.3 is 14.6 Å². The van der Waals surface area contributed by atoms with Crippen molar-refractivity contribution in [3.8, 4) is 17.6 Å². The first-order valence-corrected chi connectivity index (χ1v) is 9.01. The van der Waals surface area contributed by atoms with Crippen LogP contribution in [0.3, 0.4) is 0 Å². The standard InChI is InChI=1S/C24H18FNO4/c1-29-23-13-16(11-20(14-26)18-6-8-21(25)9-7-18)5-10-22(23)30-15-17-3-2-4-19(12-17)24(27)28/h2-13H,15H2,1H3,(H,27,28)/b20-11-. The van der Waals surface area contributed by atoms with Gasteiger partial charge in [-0.15, -0.1) is 0 Å². The van der Waals surface area contributed by atoms with Gasteiger partial charge in [-0.25, -0.2) is 9.18 Å². The third kappa shape index (κ3) is 5.03. The highest BCUT2D eigenvalue weighted by molar-refractivity contribution is 5.90. The van der Waals surface area contributed by atoms with Gasteiger partial charge in [0.1, 0.15) is 12.4 Å².